The summed E-state index contributed by atoms with van der Waals surface area (Å²) in [6.07, 6.45) is 0. The summed E-state index contributed by atoms with van der Waals surface area (Å²) in [5.74, 6) is -0.117. The number of anilines is 1. The standard InChI is InChI=1S/C11H8Cl2N2O4/c12-8-3-6(4-9(13)11(8)16)14-5-7-1-2-10(19-7)15(17)18/h1-4,14,16H,5H2. The van der Waals surface area contributed by atoms with Crippen molar-refractivity contribution in [1.82, 2.24) is 0 Å². The molecular weight excluding hydrogens is 295 g/mol. The summed E-state index contributed by atoms with van der Waals surface area (Å²) in [5, 5.41) is 23.0. The number of hydrogen-bond donors (Lipinski definition) is 2. The molecule has 0 aliphatic carbocycles. The summed E-state index contributed by atoms with van der Waals surface area (Å²) >= 11 is 11.5. The van der Waals surface area contributed by atoms with Gasteiger partial charge in [0, 0.05) is 5.69 Å². The van der Waals surface area contributed by atoms with Crippen LogP contribution in [0.4, 0.5) is 11.6 Å². The van der Waals surface area contributed by atoms with Crippen molar-refractivity contribution in [2.45, 2.75) is 6.54 Å². The summed E-state index contributed by atoms with van der Waals surface area (Å²) in [7, 11) is 0. The number of halogens is 2. The second-order valence-electron chi connectivity index (χ2n) is 3.64. The van der Waals surface area contributed by atoms with Crippen LogP contribution in [0.15, 0.2) is 28.7 Å². The molecule has 0 fully saturated rings. The van der Waals surface area contributed by atoms with Crippen LogP contribution in [0.2, 0.25) is 10.0 Å². The van der Waals surface area contributed by atoms with Crippen molar-refractivity contribution in [3.05, 3.63) is 50.2 Å². The van der Waals surface area contributed by atoms with Crippen LogP contribution in [-0.2, 0) is 6.54 Å². The molecule has 100 valence electrons. The molecule has 0 radical (unpaired) electrons. The van der Waals surface area contributed by atoms with Crippen LogP contribution in [0.25, 0.3) is 0 Å². The molecule has 0 saturated carbocycles. The van der Waals surface area contributed by atoms with Gasteiger partial charge >= 0.3 is 5.88 Å². The van der Waals surface area contributed by atoms with E-state index >= 15 is 0 Å². The Morgan fingerprint density at radius 1 is 1.32 bits per heavy atom. The summed E-state index contributed by atoms with van der Waals surface area (Å²) < 4.78 is 4.97. The minimum atomic E-state index is -0.613. The quantitative estimate of drug-likeness (QED) is 0.509. The van der Waals surface area contributed by atoms with E-state index in [-0.39, 0.29) is 28.2 Å². The Hall–Kier alpha value is -1.92. The first-order chi connectivity index (χ1) is 8.97. The number of nitrogens with one attached hydrogen (secondary N) is 1. The van der Waals surface area contributed by atoms with Gasteiger partial charge in [0.05, 0.1) is 22.7 Å². The molecule has 2 aromatic rings. The first kappa shape index (κ1) is 13.5. The van der Waals surface area contributed by atoms with E-state index in [9.17, 15) is 15.2 Å². The van der Waals surface area contributed by atoms with E-state index in [2.05, 4.69) is 5.32 Å². The summed E-state index contributed by atoms with van der Waals surface area (Å²) in [6, 6.07) is 5.74. The Labute approximate surface area is 117 Å². The fourth-order valence-electron chi connectivity index (χ4n) is 1.42. The molecule has 0 spiro atoms. The molecule has 0 amide bonds. The third kappa shape index (κ3) is 3.10. The first-order valence-corrected chi connectivity index (χ1v) is 5.88. The predicted molar refractivity (Wildman–Crippen MR) is 70.8 cm³/mol. The van der Waals surface area contributed by atoms with Crippen LogP contribution in [0.3, 0.4) is 0 Å². The summed E-state index contributed by atoms with van der Waals surface area (Å²) in [5.41, 5.74) is 0.562. The van der Waals surface area contributed by atoms with Crippen molar-refractivity contribution in [2.24, 2.45) is 0 Å². The van der Waals surface area contributed by atoms with Gasteiger partial charge in [-0.2, -0.15) is 0 Å². The SMILES string of the molecule is O=[N+]([O-])c1ccc(CNc2cc(Cl)c(O)c(Cl)c2)o1. The normalized spacial score (nSPS) is 10.4. The van der Waals surface area contributed by atoms with Gasteiger partial charge in [-0.1, -0.05) is 23.2 Å². The molecule has 2 rings (SSSR count). The third-order valence-electron chi connectivity index (χ3n) is 2.31. The fraction of sp³-hybridized carbons (Fsp3) is 0.0909. The predicted octanol–water partition coefficient (Wildman–Crippen LogP) is 3.81. The maximum Gasteiger partial charge on any atom is 0.433 e. The van der Waals surface area contributed by atoms with E-state index in [4.69, 9.17) is 27.6 Å². The van der Waals surface area contributed by atoms with Gasteiger partial charge in [0.2, 0.25) is 0 Å². The monoisotopic (exact) mass is 302 g/mol. The highest BCUT2D eigenvalue weighted by Crippen LogP contribution is 2.34. The van der Waals surface area contributed by atoms with Gasteiger partial charge < -0.3 is 14.8 Å². The molecule has 1 aromatic heterocycles. The van der Waals surface area contributed by atoms with Gasteiger partial charge in [0.1, 0.15) is 10.7 Å². The van der Waals surface area contributed by atoms with Crippen LogP contribution in [0.5, 0.6) is 5.75 Å². The van der Waals surface area contributed by atoms with Gasteiger partial charge in [-0.15, -0.1) is 0 Å². The smallest absolute Gasteiger partial charge is 0.433 e. The highest BCUT2D eigenvalue weighted by Gasteiger charge is 2.12. The van der Waals surface area contributed by atoms with E-state index in [1.807, 2.05) is 0 Å². The van der Waals surface area contributed by atoms with Crippen molar-refractivity contribution in [2.75, 3.05) is 5.32 Å². The lowest BCUT2D eigenvalue weighted by Crippen LogP contribution is -1.98. The molecule has 0 saturated heterocycles. The maximum atomic E-state index is 10.4. The molecule has 0 bridgehead atoms. The van der Waals surface area contributed by atoms with Gasteiger partial charge in [-0.3, -0.25) is 10.1 Å². The molecule has 0 aliphatic rings. The average Bonchev–Trinajstić information content (AvgIpc) is 2.82. The second-order valence-corrected chi connectivity index (χ2v) is 4.45. The summed E-state index contributed by atoms with van der Waals surface area (Å²) in [4.78, 5) is 9.83. The largest absolute Gasteiger partial charge is 0.505 e. The summed E-state index contributed by atoms with van der Waals surface area (Å²) in [6.45, 7) is 0.227. The minimum Gasteiger partial charge on any atom is -0.505 e. The molecule has 19 heavy (non-hydrogen) atoms. The molecule has 1 aromatic carbocycles. The number of nitrogens with zero attached hydrogens (tertiary/aromatic N) is 1. The zero-order valence-electron chi connectivity index (χ0n) is 9.39. The van der Waals surface area contributed by atoms with E-state index in [1.165, 1.54) is 24.3 Å². The minimum absolute atomic E-state index is 0.112. The average molecular weight is 303 g/mol. The van der Waals surface area contributed by atoms with Crippen LogP contribution >= 0.6 is 23.2 Å². The number of hydrogen-bond acceptors (Lipinski definition) is 5. The van der Waals surface area contributed by atoms with Crippen LogP contribution in [-0.4, -0.2) is 10.0 Å². The number of phenolic OH excluding ortho intramolecular Hbond substituents is 1. The van der Waals surface area contributed by atoms with Gasteiger partial charge in [0.15, 0.2) is 5.75 Å². The number of rotatable bonds is 4. The third-order valence-corrected chi connectivity index (χ3v) is 2.89. The Balaban J connectivity index is 2.08. The Morgan fingerprint density at radius 3 is 2.47 bits per heavy atom. The van der Waals surface area contributed by atoms with Crippen molar-refractivity contribution in [1.29, 1.82) is 0 Å². The number of furan rings is 1. The van der Waals surface area contributed by atoms with Crippen molar-refractivity contribution >= 4 is 34.8 Å². The van der Waals surface area contributed by atoms with Gasteiger partial charge in [0.25, 0.3) is 0 Å². The molecule has 0 unspecified atom stereocenters. The lowest BCUT2D eigenvalue weighted by molar-refractivity contribution is -0.402. The molecular formula is C11H8Cl2N2O4. The molecule has 0 aliphatic heterocycles. The first-order valence-electron chi connectivity index (χ1n) is 5.12. The highest BCUT2D eigenvalue weighted by atomic mass is 35.5. The number of benzene rings is 1. The lowest BCUT2D eigenvalue weighted by Gasteiger charge is -2.07. The number of phenols is 1. The van der Waals surface area contributed by atoms with E-state index < -0.39 is 4.92 Å². The highest BCUT2D eigenvalue weighted by molar-refractivity contribution is 6.37. The molecule has 8 heteroatoms. The molecule has 0 atom stereocenters. The van der Waals surface area contributed by atoms with Crippen LogP contribution < -0.4 is 5.32 Å². The van der Waals surface area contributed by atoms with Crippen molar-refractivity contribution < 1.29 is 14.4 Å². The van der Waals surface area contributed by atoms with Gasteiger partial charge in [-0.25, -0.2) is 0 Å². The van der Waals surface area contributed by atoms with Crippen molar-refractivity contribution in [3.63, 3.8) is 0 Å². The molecule has 1 heterocycles. The number of nitro groups is 1. The van der Waals surface area contributed by atoms with Crippen LogP contribution in [0.1, 0.15) is 5.76 Å². The zero-order valence-corrected chi connectivity index (χ0v) is 10.9. The van der Waals surface area contributed by atoms with E-state index in [1.54, 1.807) is 0 Å². The Morgan fingerprint density at radius 2 is 1.95 bits per heavy atom. The zero-order chi connectivity index (χ0) is 14.0. The Kier molecular flexibility index (Phi) is 3.82. The van der Waals surface area contributed by atoms with E-state index in [0.717, 1.165) is 0 Å². The van der Waals surface area contributed by atoms with Gasteiger partial charge in [-0.05, 0) is 18.2 Å². The lowest BCUT2D eigenvalue weighted by atomic mass is 10.3. The number of aromatic hydroxyl groups is 1. The maximum absolute atomic E-state index is 10.4. The topological polar surface area (TPSA) is 88.5 Å². The Bertz CT molecular complexity index is 604. The van der Waals surface area contributed by atoms with Crippen LogP contribution in [0, 0.1) is 10.1 Å². The molecule has 6 nitrogen and oxygen atoms in total. The second kappa shape index (κ2) is 5.38. The fourth-order valence-corrected chi connectivity index (χ4v) is 1.90. The van der Waals surface area contributed by atoms with E-state index in [0.29, 0.717) is 11.4 Å². The molecule has 2 N–H and O–H groups in total. The van der Waals surface area contributed by atoms with Crippen molar-refractivity contribution in [3.8, 4) is 5.75 Å².